The van der Waals surface area contributed by atoms with Crippen LogP contribution in [0.5, 0.6) is 0 Å². The van der Waals surface area contributed by atoms with Crippen LogP contribution in [0.25, 0.3) is 5.69 Å². The van der Waals surface area contributed by atoms with Gasteiger partial charge >= 0.3 is 0 Å². The van der Waals surface area contributed by atoms with Crippen molar-refractivity contribution in [1.29, 1.82) is 0 Å². The summed E-state index contributed by atoms with van der Waals surface area (Å²) in [5.41, 5.74) is 1.66. The Morgan fingerprint density at radius 3 is 2.83 bits per heavy atom. The predicted molar refractivity (Wildman–Crippen MR) is 73.0 cm³/mol. The Bertz CT molecular complexity index is 527. The van der Waals surface area contributed by atoms with Crippen LogP contribution < -0.4 is 5.32 Å². The average molecular weight is 309 g/mol. The second-order valence-corrected chi connectivity index (χ2v) is 4.89. The first-order valence-electron chi connectivity index (χ1n) is 5.60. The molecule has 5 nitrogen and oxygen atoms in total. The monoisotopic (exact) mass is 308 g/mol. The van der Waals surface area contributed by atoms with Crippen molar-refractivity contribution in [2.24, 2.45) is 0 Å². The lowest BCUT2D eigenvalue weighted by Gasteiger charge is -2.10. The number of benzene rings is 1. The van der Waals surface area contributed by atoms with Gasteiger partial charge in [-0.3, -0.25) is 9.36 Å². The molecule has 18 heavy (non-hydrogen) atoms. The fourth-order valence-corrected chi connectivity index (χ4v) is 1.60. The van der Waals surface area contributed by atoms with Gasteiger partial charge in [0.15, 0.2) is 0 Å². The number of rotatable bonds is 4. The summed E-state index contributed by atoms with van der Waals surface area (Å²) in [6, 6.07) is 7.52. The molecule has 2 aromatic rings. The van der Waals surface area contributed by atoms with Crippen molar-refractivity contribution in [1.82, 2.24) is 14.8 Å². The molecule has 0 radical (unpaired) electrons. The Labute approximate surface area is 113 Å². The Morgan fingerprint density at radius 1 is 1.44 bits per heavy atom. The van der Waals surface area contributed by atoms with Crippen molar-refractivity contribution < 1.29 is 4.79 Å². The maximum absolute atomic E-state index is 11.8. The largest absolute Gasteiger partial charge is 0.325 e. The average Bonchev–Trinajstić information content (AvgIpc) is 2.92. The van der Waals surface area contributed by atoms with Gasteiger partial charge in [0.1, 0.15) is 12.7 Å². The second-order valence-electron chi connectivity index (χ2n) is 3.78. The fraction of sp³-hybridized carbons (Fsp3) is 0.250. The molecule has 0 fully saturated rings. The zero-order valence-corrected chi connectivity index (χ0v) is 11.5. The van der Waals surface area contributed by atoms with Gasteiger partial charge in [-0.2, -0.15) is 0 Å². The van der Waals surface area contributed by atoms with Crippen molar-refractivity contribution in [3.05, 3.63) is 36.9 Å². The summed E-state index contributed by atoms with van der Waals surface area (Å²) in [6.07, 6.45) is 3.97. The van der Waals surface area contributed by atoms with Crippen LogP contribution in [-0.4, -0.2) is 25.5 Å². The van der Waals surface area contributed by atoms with E-state index >= 15 is 0 Å². The summed E-state index contributed by atoms with van der Waals surface area (Å²) in [5.74, 6) is -0.0431. The van der Waals surface area contributed by atoms with Crippen LogP contribution >= 0.6 is 15.9 Å². The first-order valence-corrected chi connectivity index (χ1v) is 6.52. The van der Waals surface area contributed by atoms with Crippen LogP contribution in [0.15, 0.2) is 36.9 Å². The highest BCUT2D eigenvalue weighted by Gasteiger charge is 2.12. The van der Waals surface area contributed by atoms with Gasteiger partial charge in [-0.15, -0.1) is 10.2 Å². The number of amides is 1. The van der Waals surface area contributed by atoms with Gasteiger partial charge in [-0.05, 0) is 24.6 Å². The van der Waals surface area contributed by atoms with Crippen LogP contribution in [0.2, 0.25) is 0 Å². The van der Waals surface area contributed by atoms with Gasteiger partial charge in [0.05, 0.1) is 10.5 Å². The lowest BCUT2D eigenvalue weighted by Crippen LogP contribution is -2.21. The van der Waals surface area contributed by atoms with Gasteiger partial charge < -0.3 is 5.32 Å². The lowest BCUT2D eigenvalue weighted by molar-refractivity contribution is -0.115. The van der Waals surface area contributed by atoms with E-state index in [1.165, 1.54) is 0 Å². The molecule has 2 rings (SSSR count). The Hall–Kier alpha value is -1.69. The number of carbonyl (C=O) groups excluding carboxylic acids is 1. The van der Waals surface area contributed by atoms with Crippen LogP contribution in [0.3, 0.4) is 0 Å². The molecule has 1 N–H and O–H groups in total. The zero-order valence-electron chi connectivity index (χ0n) is 9.88. The number of alkyl halides is 1. The number of carbonyl (C=O) groups is 1. The van der Waals surface area contributed by atoms with Crippen LogP contribution in [0.4, 0.5) is 5.69 Å². The van der Waals surface area contributed by atoms with E-state index < -0.39 is 0 Å². The summed E-state index contributed by atoms with van der Waals surface area (Å²) < 4.78 is 1.78. The molecule has 0 aliphatic heterocycles. The minimum Gasteiger partial charge on any atom is -0.325 e. The quantitative estimate of drug-likeness (QED) is 0.882. The van der Waals surface area contributed by atoms with E-state index in [0.29, 0.717) is 0 Å². The standard InChI is InChI=1S/C12H13BrN4O/c1-2-11(13)12(18)16-9-4-3-5-10(6-9)17-7-14-15-8-17/h3-8,11H,2H2,1H3,(H,16,18). The van der Waals surface area contributed by atoms with Gasteiger partial charge in [0, 0.05) is 5.69 Å². The van der Waals surface area contributed by atoms with E-state index in [0.717, 1.165) is 17.8 Å². The minimum atomic E-state index is -0.170. The van der Waals surface area contributed by atoms with Crippen molar-refractivity contribution in [3.8, 4) is 5.69 Å². The van der Waals surface area contributed by atoms with Crippen LogP contribution in [0.1, 0.15) is 13.3 Å². The van der Waals surface area contributed by atoms with Crippen LogP contribution in [0, 0.1) is 0 Å². The molecule has 1 atom stereocenters. The molecule has 0 bridgehead atoms. The third-order valence-corrected chi connectivity index (χ3v) is 3.54. The highest BCUT2D eigenvalue weighted by atomic mass is 79.9. The number of nitrogens with one attached hydrogen (secondary N) is 1. The Balaban J connectivity index is 2.16. The Kier molecular flexibility index (Phi) is 4.09. The lowest BCUT2D eigenvalue weighted by atomic mass is 10.2. The third-order valence-electron chi connectivity index (χ3n) is 2.47. The minimum absolute atomic E-state index is 0.0431. The number of anilines is 1. The number of aromatic nitrogens is 3. The third kappa shape index (κ3) is 2.95. The number of hydrogen-bond acceptors (Lipinski definition) is 3. The first-order chi connectivity index (χ1) is 8.70. The molecular formula is C12H13BrN4O. The van der Waals surface area contributed by atoms with Crippen molar-refractivity contribution in [2.75, 3.05) is 5.32 Å². The maximum Gasteiger partial charge on any atom is 0.238 e. The summed E-state index contributed by atoms with van der Waals surface area (Å²) in [6.45, 7) is 1.95. The zero-order chi connectivity index (χ0) is 13.0. The highest BCUT2D eigenvalue weighted by Crippen LogP contribution is 2.15. The molecule has 1 aromatic heterocycles. The number of halogens is 1. The molecule has 94 valence electrons. The van der Waals surface area contributed by atoms with E-state index in [9.17, 15) is 4.79 Å². The fourth-order valence-electron chi connectivity index (χ4n) is 1.48. The summed E-state index contributed by atoms with van der Waals surface area (Å²) >= 11 is 3.32. The molecule has 1 amide bonds. The smallest absolute Gasteiger partial charge is 0.238 e. The molecule has 0 aliphatic carbocycles. The van der Waals surface area contributed by atoms with Gasteiger partial charge in [0.2, 0.25) is 5.91 Å². The molecule has 1 heterocycles. The Morgan fingerprint density at radius 2 is 2.17 bits per heavy atom. The molecule has 0 aliphatic rings. The maximum atomic E-state index is 11.8. The topological polar surface area (TPSA) is 59.8 Å². The van der Waals surface area contributed by atoms with Gasteiger partial charge in [-0.25, -0.2) is 0 Å². The van der Waals surface area contributed by atoms with E-state index in [2.05, 4.69) is 31.4 Å². The number of hydrogen-bond donors (Lipinski definition) is 1. The summed E-state index contributed by atoms with van der Waals surface area (Å²) in [4.78, 5) is 11.6. The molecule has 0 saturated carbocycles. The predicted octanol–water partition coefficient (Wildman–Crippen LogP) is 2.38. The van der Waals surface area contributed by atoms with Crippen molar-refractivity contribution in [2.45, 2.75) is 18.2 Å². The molecule has 6 heteroatoms. The molecule has 1 unspecified atom stereocenters. The highest BCUT2D eigenvalue weighted by molar-refractivity contribution is 9.10. The molecular weight excluding hydrogens is 296 g/mol. The SMILES string of the molecule is CCC(Br)C(=O)Nc1cccc(-n2cnnc2)c1. The molecule has 0 saturated heterocycles. The van der Waals surface area contributed by atoms with Crippen LogP contribution in [-0.2, 0) is 4.79 Å². The van der Waals surface area contributed by atoms with E-state index in [4.69, 9.17) is 0 Å². The first kappa shape index (κ1) is 12.8. The normalized spacial score (nSPS) is 12.1. The van der Waals surface area contributed by atoms with Gasteiger partial charge in [-0.1, -0.05) is 28.9 Å². The van der Waals surface area contributed by atoms with Gasteiger partial charge in [0.25, 0.3) is 0 Å². The summed E-state index contributed by atoms with van der Waals surface area (Å²) in [7, 11) is 0. The van der Waals surface area contributed by atoms with E-state index in [-0.39, 0.29) is 10.7 Å². The van der Waals surface area contributed by atoms with Crippen molar-refractivity contribution in [3.63, 3.8) is 0 Å². The van der Waals surface area contributed by atoms with E-state index in [1.54, 1.807) is 17.2 Å². The van der Waals surface area contributed by atoms with Crippen molar-refractivity contribution >= 4 is 27.5 Å². The summed E-state index contributed by atoms with van der Waals surface area (Å²) in [5, 5.41) is 10.4. The molecule has 0 spiro atoms. The van der Waals surface area contributed by atoms with E-state index in [1.807, 2.05) is 31.2 Å². The second kappa shape index (κ2) is 5.77. The number of nitrogens with zero attached hydrogens (tertiary/aromatic N) is 3. The molecule has 1 aromatic carbocycles.